The first-order valence-corrected chi connectivity index (χ1v) is 7.02. The molecular weight excluding hydrogens is 296 g/mol. The number of hydrogen-bond donors (Lipinski definition) is 0. The van der Waals surface area contributed by atoms with Crippen molar-refractivity contribution in [2.45, 2.75) is 52.9 Å². The summed E-state index contributed by atoms with van der Waals surface area (Å²) in [5.41, 5.74) is 0.491. The van der Waals surface area contributed by atoms with Gasteiger partial charge in [0.2, 0.25) is 0 Å². The average Bonchev–Trinajstić information content (AvgIpc) is 2.40. The molecule has 0 aliphatic carbocycles. The molecular formula is C15H25ClO5. The zero-order chi connectivity index (χ0) is 15.4. The molecule has 0 aliphatic rings. The van der Waals surface area contributed by atoms with Crippen molar-refractivity contribution in [1.29, 1.82) is 0 Å². The van der Waals surface area contributed by atoms with Gasteiger partial charge in [-0.25, -0.2) is 4.79 Å². The minimum atomic E-state index is -0.597. The molecule has 0 amide bonds. The summed E-state index contributed by atoms with van der Waals surface area (Å²) in [7, 11) is 0. The molecule has 0 radical (unpaired) electrons. The van der Waals surface area contributed by atoms with Crippen molar-refractivity contribution in [1.82, 2.24) is 0 Å². The van der Waals surface area contributed by atoms with E-state index < -0.39 is 24.3 Å². The molecule has 21 heavy (non-hydrogen) atoms. The quantitative estimate of drug-likeness (QED) is 0.268. The van der Waals surface area contributed by atoms with Crippen LogP contribution < -0.4 is 0 Å². The molecule has 0 aliphatic heterocycles. The van der Waals surface area contributed by atoms with Crippen molar-refractivity contribution in [2.24, 2.45) is 0 Å². The number of allylic oxidation sites excluding steroid dienone is 1. The molecule has 0 aromatic rings. The van der Waals surface area contributed by atoms with Gasteiger partial charge in [-0.2, -0.15) is 0 Å². The first-order chi connectivity index (χ1) is 9.51. The zero-order valence-corrected chi connectivity index (χ0v) is 13.8. The van der Waals surface area contributed by atoms with Crippen molar-refractivity contribution in [3.05, 3.63) is 11.6 Å². The Morgan fingerprint density at radius 2 is 1.71 bits per heavy atom. The molecule has 5 nitrogen and oxygen atoms in total. The summed E-state index contributed by atoms with van der Waals surface area (Å²) in [4.78, 5) is 34.0. The SMILES string of the molecule is CCCCCC=C(C)C(=O)OCC(=O)CC(=O)OCC.Cl. The molecule has 0 rings (SSSR count). The highest BCUT2D eigenvalue weighted by Crippen LogP contribution is 2.05. The smallest absolute Gasteiger partial charge is 0.333 e. The molecule has 0 heterocycles. The molecule has 0 bridgehead atoms. The third-order valence-corrected chi connectivity index (χ3v) is 2.59. The number of esters is 2. The Kier molecular flexibility index (Phi) is 14.2. The fourth-order valence-electron chi connectivity index (χ4n) is 1.48. The van der Waals surface area contributed by atoms with E-state index in [1.165, 1.54) is 0 Å². The van der Waals surface area contributed by atoms with Gasteiger partial charge in [0.05, 0.1) is 6.61 Å². The Hall–Kier alpha value is -1.36. The summed E-state index contributed by atoms with van der Waals surface area (Å²) in [6.07, 6.45) is 5.55. The Morgan fingerprint density at radius 1 is 1.05 bits per heavy atom. The van der Waals surface area contributed by atoms with Gasteiger partial charge in [0, 0.05) is 5.57 Å². The number of ether oxygens (including phenoxy) is 2. The molecule has 122 valence electrons. The lowest BCUT2D eigenvalue weighted by Gasteiger charge is -2.04. The predicted octanol–water partition coefficient (Wildman–Crippen LogP) is 3.00. The van der Waals surface area contributed by atoms with Crippen molar-refractivity contribution < 1.29 is 23.9 Å². The Labute approximate surface area is 132 Å². The Morgan fingerprint density at radius 3 is 2.29 bits per heavy atom. The largest absolute Gasteiger partial charge is 0.466 e. The van der Waals surface area contributed by atoms with Gasteiger partial charge in [0.1, 0.15) is 6.42 Å². The van der Waals surface area contributed by atoms with E-state index in [9.17, 15) is 14.4 Å². The summed E-state index contributed by atoms with van der Waals surface area (Å²) < 4.78 is 9.47. The van der Waals surface area contributed by atoms with Gasteiger partial charge < -0.3 is 9.47 Å². The lowest BCUT2D eigenvalue weighted by Crippen LogP contribution is -2.18. The number of unbranched alkanes of at least 4 members (excludes halogenated alkanes) is 3. The van der Waals surface area contributed by atoms with E-state index >= 15 is 0 Å². The fourth-order valence-corrected chi connectivity index (χ4v) is 1.48. The van der Waals surface area contributed by atoms with Crippen molar-refractivity contribution in [3.63, 3.8) is 0 Å². The lowest BCUT2D eigenvalue weighted by molar-refractivity contribution is -0.150. The monoisotopic (exact) mass is 320 g/mol. The van der Waals surface area contributed by atoms with Crippen LogP contribution in [-0.4, -0.2) is 30.9 Å². The van der Waals surface area contributed by atoms with Crippen LogP contribution in [0.1, 0.15) is 52.9 Å². The molecule has 0 spiro atoms. The zero-order valence-electron chi connectivity index (χ0n) is 13.0. The molecule has 0 atom stereocenters. The average molecular weight is 321 g/mol. The van der Waals surface area contributed by atoms with Crippen LogP contribution in [-0.2, 0) is 23.9 Å². The van der Waals surface area contributed by atoms with Gasteiger partial charge >= 0.3 is 11.9 Å². The van der Waals surface area contributed by atoms with E-state index in [1.807, 2.05) is 6.08 Å². The van der Waals surface area contributed by atoms with Crippen molar-refractivity contribution in [2.75, 3.05) is 13.2 Å². The van der Waals surface area contributed by atoms with E-state index in [2.05, 4.69) is 11.7 Å². The molecule has 0 saturated carbocycles. The van der Waals surface area contributed by atoms with Gasteiger partial charge in [0.25, 0.3) is 0 Å². The van der Waals surface area contributed by atoms with E-state index in [1.54, 1.807) is 13.8 Å². The second kappa shape index (κ2) is 13.6. The van der Waals surface area contributed by atoms with Crippen LogP contribution >= 0.6 is 12.4 Å². The summed E-state index contributed by atoms with van der Waals surface area (Å²) in [5.74, 6) is -1.57. The summed E-state index contributed by atoms with van der Waals surface area (Å²) >= 11 is 0. The predicted molar refractivity (Wildman–Crippen MR) is 82.4 cm³/mol. The molecule has 0 unspecified atom stereocenters. The molecule has 0 aromatic heterocycles. The first-order valence-electron chi connectivity index (χ1n) is 7.02. The maximum Gasteiger partial charge on any atom is 0.333 e. The highest BCUT2D eigenvalue weighted by atomic mass is 35.5. The molecule has 0 N–H and O–H groups in total. The first kappa shape index (κ1) is 21.9. The third-order valence-electron chi connectivity index (χ3n) is 2.59. The van der Waals surface area contributed by atoms with Crippen LogP contribution in [0.3, 0.4) is 0 Å². The third kappa shape index (κ3) is 12.1. The Bertz CT molecular complexity index is 363. The van der Waals surface area contributed by atoms with Crippen LogP contribution in [0.2, 0.25) is 0 Å². The second-order valence-electron chi connectivity index (χ2n) is 4.48. The number of ketones is 1. The topological polar surface area (TPSA) is 69.7 Å². The standard InChI is InChI=1S/C15H24O5.ClH/c1-4-6-7-8-9-12(3)15(18)20-11-13(16)10-14(17)19-5-2;/h9H,4-8,10-11H2,1-3H3;1H. The molecule has 0 fully saturated rings. The maximum atomic E-state index is 11.6. The van der Waals surface area contributed by atoms with Gasteiger partial charge in [0.15, 0.2) is 12.4 Å². The number of halogens is 1. The van der Waals surface area contributed by atoms with E-state index in [0.717, 1.165) is 25.7 Å². The highest BCUT2D eigenvalue weighted by Gasteiger charge is 2.13. The van der Waals surface area contributed by atoms with Crippen LogP contribution in [0, 0.1) is 0 Å². The van der Waals surface area contributed by atoms with Crippen LogP contribution in [0.4, 0.5) is 0 Å². The number of carbonyl (C=O) groups is 3. The minimum absolute atomic E-state index is 0. The minimum Gasteiger partial charge on any atom is -0.466 e. The van der Waals surface area contributed by atoms with Gasteiger partial charge in [-0.15, -0.1) is 12.4 Å². The van der Waals surface area contributed by atoms with Crippen LogP contribution in [0.5, 0.6) is 0 Å². The molecule has 0 saturated heterocycles. The number of rotatable bonds is 10. The summed E-state index contributed by atoms with van der Waals surface area (Å²) in [6.45, 7) is 5.27. The van der Waals surface area contributed by atoms with Gasteiger partial charge in [-0.05, 0) is 26.7 Å². The van der Waals surface area contributed by atoms with Crippen molar-refractivity contribution in [3.8, 4) is 0 Å². The van der Waals surface area contributed by atoms with Crippen LogP contribution in [0.15, 0.2) is 11.6 Å². The highest BCUT2D eigenvalue weighted by molar-refractivity contribution is 5.97. The van der Waals surface area contributed by atoms with Gasteiger partial charge in [-0.3, -0.25) is 9.59 Å². The number of hydrogen-bond acceptors (Lipinski definition) is 5. The second-order valence-corrected chi connectivity index (χ2v) is 4.48. The van der Waals surface area contributed by atoms with E-state index in [-0.39, 0.29) is 25.4 Å². The van der Waals surface area contributed by atoms with Gasteiger partial charge in [-0.1, -0.05) is 25.8 Å². The number of carbonyl (C=O) groups excluding carboxylic acids is 3. The lowest BCUT2D eigenvalue weighted by atomic mass is 10.1. The van der Waals surface area contributed by atoms with Crippen molar-refractivity contribution >= 4 is 30.1 Å². The fraction of sp³-hybridized carbons (Fsp3) is 0.667. The summed E-state index contributed by atoms with van der Waals surface area (Å²) in [5, 5.41) is 0. The number of Topliss-reactive ketones (excluding diaryl/α,β-unsaturated/α-hetero) is 1. The van der Waals surface area contributed by atoms with E-state index in [0.29, 0.717) is 5.57 Å². The summed E-state index contributed by atoms with van der Waals surface area (Å²) in [6, 6.07) is 0. The maximum absolute atomic E-state index is 11.6. The van der Waals surface area contributed by atoms with E-state index in [4.69, 9.17) is 4.74 Å². The molecule has 6 heteroatoms. The Balaban J connectivity index is 0. The van der Waals surface area contributed by atoms with Crippen LogP contribution in [0.25, 0.3) is 0 Å². The molecule has 0 aromatic carbocycles. The normalized spacial score (nSPS) is 10.5.